The fourth-order valence-corrected chi connectivity index (χ4v) is 5.65. The molecule has 31 heavy (non-hydrogen) atoms. The maximum absolute atomic E-state index is 13.0. The fourth-order valence-electron chi connectivity index (χ4n) is 4.09. The molecule has 0 spiro atoms. The van der Waals surface area contributed by atoms with Crippen molar-refractivity contribution >= 4 is 22.0 Å². The van der Waals surface area contributed by atoms with E-state index in [1.807, 2.05) is 23.1 Å². The molecule has 2 aliphatic rings. The van der Waals surface area contributed by atoms with Gasteiger partial charge in [0.05, 0.1) is 4.90 Å². The van der Waals surface area contributed by atoms with Gasteiger partial charge >= 0.3 is 0 Å². The Hall–Kier alpha value is -2.48. The number of piperazine rings is 1. The Morgan fingerprint density at radius 2 is 1.58 bits per heavy atom. The van der Waals surface area contributed by atoms with Crippen LogP contribution >= 0.6 is 0 Å². The highest BCUT2D eigenvalue weighted by atomic mass is 32.2. The molecule has 0 saturated carbocycles. The first kappa shape index (κ1) is 21.7. The number of carbonyl (C=O) groups is 1. The molecular formula is C24H29N3O3S. The topological polar surface area (TPSA) is 60.9 Å². The minimum Gasteiger partial charge on any atom is -0.336 e. The largest absolute Gasteiger partial charge is 0.336 e. The third-order valence-electron chi connectivity index (χ3n) is 5.92. The molecule has 0 unspecified atom stereocenters. The highest BCUT2D eigenvalue weighted by Gasteiger charge is 2.28. The van der Waals surface area contributed by atoms with Gasteiger partial charge in [0.15, 0.2) is 0 Å². The predicted molar refractivity (Wildman–Crippen MR) is 122 cm³/mol. The van der Waals surface area contributed by atoms with Gasteiger partial charge in [0, 0.05) is 51.4 Å². The summed E-state index contributed by atoms with van der Waals surface area (Å²) in [4.78, 5) is 17.3. The molecule has 2 aromatic rings. The zero-order valence-electron chi connectivity index (χ0n) is 17.7. The van der Waals surface area contributed by atoms with Crippen LogP contribution in [0.1, 0.15) is 28.8 Å². The van der Waals surface area contributed by atoms with E-state index in [0.717, 1.165) is 32.5 Å². The van der Waals surface area contributed by atoms with Crippen molar-refractivity contribution in [3.63, 3.8) is 0 Å². The lowest BCUT2D eigenvalue weighted by Crippen LogP contribution is -2.48. The Bertz CT molecular complexity index is 1020. The summed E-state index contributed by atoms with van der Waals surface area (Å²) in [5.41, 5.74) is 1.62. The number of hydrogen-bond acceptors (Lipinski definition) is 4. The average Bonchev–Trinajstić information content (AvgIpc) is 3.36. The molecule has 4 rings (SSSR count). The van der Waals surface area contributed by atoms with Crippen LogP contribution in [0, 0.1) is 0 Å². The van der Waals surface area contributed by atoms with Crippen molar-refractivity contribution in [1.29, 1.82) is 0 Å². The fraction of sp³-hybridized carbons (Fsp3) is 0.375. The molecule has 0 aliphatic carbocycles. The molecule has 1 amide bonds. The Kier molecular flexibility index (Phi) is 6.85. The second-order valence-corrected chi connectivity index (χ2v) is 9.98. The van der Waals surface area contributed by atoms with Crippen molar-refractivity contribution in [1.82, 2.24) is 14.1 Å². The zero-order chi connectivity index (χ0) is 21.7. The smallest absolute Gasteiger partial charge is 0.253 e. The second-order valence-electron chi connectivity index (χ2n) is 8.04. The molecular weight excluding hydrogens is 410 g/mol. The number of hydrogen-bond donors (Lipinski definition) is 0. The third-order valence-corrected chi connectivity index (χ3v) is 7.81. The van der Waals surface area contributed by atoms with Crippen LogP contribution in [0.25, 0.3) is 6.08 Å². The summed E-state index contributed by atoms with van der Waals surface area (Å²) >= 11 is 0. The SMILES string of the molecule is O=C(c1cccc(S(=O)(=O)N2CCCC2)c1)N1CCN(C/C=C/c2ccccc2)CC1. The standard InChI is InChI=1S/C24H29N3O3S/c28-24(22-11-6-12-23(20-22)31(29,30)27-14-4-5-15-27)26-18-16-25(17-19-26)13-7-10-21-8-2-1-3-9-21/h1-3,6-12,20H,4-5,13-19H2/b10-7+. The monoisotopic (exact) mass is 439 g/mol. The molecule has 2 saturated heterocycles. The van der Waals surface area contributed by atoms with Crippen molar-refractivity contribution in [2.24, 2.45) is 0 Å². The number of sulfonamides is 1. The van der Waals surface area contributed by atoms with E-state index >= 15 is 0 Å². The molecule has 0 N–H and O–H groups in total. The molecule has 0 radical (unpaired) electrons. The van der Waals surface area contributed by atoms with E-state index in [0.29, 0.717) is 31.7 Å². The quantitative estimate of drug-likeness (QED) is 0.694. The third kappa shape index (κ3) is 5.23. The second kappa shape index (κ2) is 9.77. The Morgan fingerprint density at radius 3 is 2.29 bits per heavy atom. The van der Waals surface area contributed by atoms with Crippen LogP contribution in [-0.2, 0) is 10.0 Å². The van der Waals surface area contributed by atoms with Crippen molar-refractivity contribution in [3.8, 4) is 0 Å². The summed E-state index contributed by atoms with van der Waals surface area (Å²) in [6.07, 6.45) is 6.05. The molecule has 2 fully saturated rings. The van der Waals surface area contributed by atoms with Gasteiger partial charge in [0.25, 0.3) is 5.91 Å². The van der Waals surface area contributed by atoms with Gasteiger partial charge < -0.3 is 4.90 Å². The normalized spacial score (nSPS) is 18.6. The summed E-state index contributed by atoms with van der Waals surface area (Å²) in [5, 5.41) is 0. The van der Waals surface area contributed by atoms with Crippen LogP contribution in [0.15, 0.2) is 65.6 Å². The van der Waals surface area contributed by atoms with Crippen LogP contribution in [0.2, 0.25) is 0 Å². The van der Waals surface area contributed by atoms with Crippen LogP contribution in [0.5, 0.6) is 0 Å². The molecule has 7 heteroatoms. The van der Waals surface area contributed by atoms with Crippen molar-refractivity contribution in [2.75, 3.05) is 45.8 Å². The van der Waals surface area contributed by atoms with Gasteiger partial charge in [-0.2, -0.15) is 4.31 Å². The zero-order valence-corrected chi connectivity index (χ0v) is 18.5. The summed E-state index contributed by atoms with van der Waals surface area (Å²) < 4.78 is 27.2. The van der Waals surface area contributed by atoms with Crippen LogP contribution in [0.3, 0.4) is 0 Å². The van der Waals surface area contributed by atoms with E-state index in [2.05, 4.69) is 29.2 Å². The van der Waals surface area contributed by atoms with E-state index in [9.17, 15) is 13.2 Å². The van der Waals surface area contributed by atoms with E-state index < -0.39 is 10.0 Å². The van der Waals surface area contributed by atoms with Gasteiger partial charge in [-0.15, -0.1) is 0 Å². The molecule has 2 heterocycles. The van der Waals surface area contributed by atoms with Crippen LogP contribution in [-0.4, -0.2) is 74.2 Å². The molecule has 0 aromatic heterocycles. The summed E-state index contributed by atoms with van der Waals surface area (Å²) in [6, 6.07) is 16.7. The van der Waals surface area contributed by atoms with Crippen LogP contribution < -0.4 is 0 Å². The van der Waals surface area contributed by atoms with Crippen molar-refractivity contribution < 1.29 is 13.2 Å². The Balaban J connectivity index is 1.34. The summed E-state index contributed by atoms with van der Waals surface area (Å²) in [6.45, 7) is 4.85. The average molecular weight is 440 g/mol. The van der Waals surface area contributed by atoms with E-state index in [1.165, 1.54) is 15.9 Å². The molecule has 2 aliphatic heterocycles. The van der Waals surface area contributed by atoms with Gasteiger partial charge in [-0.25, -0.2) is 8.42 Å². The van der Waals surface area contributed by atoms with E-state index in [-0.39, 0.29) is 10.8 Å². The maximum atomic E-state index is 13.0. The number of amides is 1. The first-order valence-corrected chi connectivity index (χ1v) is 12.3. The van der Waals surface area contributed by atoms with Crippen molar-refractivity contribution in [3.05, 3.63) is 71.8 Å². The van der Waals surface area contributed by atoms with Gasteiger partial charge in [-0.3, -0.25) is 9.69 Å². The molecule has 2 aromatic carbocycles. The first-order valence-electron chi connectivity index (χ1n) is 10.9. The number of rotatable bonds is 6. The Morgan fingerprint density at radius 1 is 0.871 bits per heavy atom. The number of benzene rings is 2. The highest BCUT2D eigenvalue weighted by molar-refractivity contribution is 7.89. The molecule has 0 bridgehead atoms. The minimum absolute atomic E-state index is 0.0991. The number of carbonyl (C=O) groups excluding carboxylic acids is 1. The minimum atomic E-state index is -3.52. The molecule has 6 nitrogen and oxygen atoms in total. The maximum Gasteiger partial charge on any atom is 0.253 e. The van der Waals surface area contributed by atoms with Gasteiger partial charge in [0.1, 0.15) is 0 Å². The summed E-state index contributed by atoms with van der Waals surface area (Å²) in [7, 11) is -3.52. The molecule has 164 valence electrons. The van der Waals surface area contributed by atoms with E-state index in [1.54, 1.807) is 18.2 Å². The van der Waals surface area contributed by atoms with Gasteiger partial charge in [-0.1, -0.05) is 48.6 Å². The Labute approximate surface area is 184 Å². The van der Waals surface area contributed by atoms with Crippen molar-refractivity contribution in [2.45, 2.75) is 17.7 Å². The van der Waals surface area contributed by atoms with E-state index in [4.69, 9.17) is 0 Å². The first-order chi connectivity index (χ1) is 15.0. The lowest BCUT2D eigenvalue weighted by molar-refractivity contribution is 0.0650. The number of nitrogens with zero attached hydrogens (tertiary/aromatic N) is 3. The highest BCUT2D eigenvalue weighted by Crippen LogP contribution is 2.22. The lowest BCUT2D eigenvalue weighted by atomic mass is 10.1. The summed E-state index contributed by atoms with van der Waals surface area (Å²) in [5.74, 6) is -0.0991. The lowest BCUT2D eigenvalue weighted by Gasteiger charge is -2.34. The van der Waals surface area contributed by atoms with Crippen LogP contribution in [0.4, 0.5) is 0 Å². The predicted octanol–water partition coefficient (Wildman–Crippen LogP) is 2.94. The van der Waals surface area contributed by atoms with Gasteiger partial charge in [-0.05, 0) is 36.6 Å². The molecule has 0 atom stereocenters. The van der Waals surface area contributed by atoms with Gasteiger partial charge in [0.2, 0.25) is 10.0 Å².